The standard InChI is InChI=1S/C23H30FN3O4Si/c1-31-18-8-5-15(6-9-18)21(26-23(30)27-12-11-17(28)14-27)22(29)25-16-7-10-20(19(24)13-16)32(2,3)4/h5-10,13,17,21,28H,11-12,14H2,1-4H3,(H,25,29)(H,26,30)/t17?,21-/m1/s1. The topological polar surface area (TPSA) is 90.9 Å². The Bertz CT molecular complexity index is 978. The van der Waals surface area contributed by atoms with Crippen LogP contribution in [0.1, 0.15) is 18.0 Å². The van der Waals surface area contributed by atoms with Gasteiger partial charge in [-0.1, -0.05) is 37.8 Å². The van der Waals surface area contributed by atoms with Crippen molar-refractivity contribution in [2.75, 3.05) is 25.5 Å². The number of anilines is 1. The molecular weight excluding hydrogens is 429 g/mol. The molecule has 2 aromatic rings. The smallest absolute Gasteiger partial charge is 0.318 e. The van der Waals surface area contributed by atoms with E-state index in [0.717, 1.165) is 0 Å². The number of methoxy groups -OCH3 is 1. The van der Waals surface area contributed by atoms with Crippen molar-refractivity contribution in [1.29, 1.82) is 0 Å². The van der Waals surface area contributed by atoms with Crippen LogP contribution < -0.4 is 20.6 Å². The fourth-order valence-electron chi connectivity index (χ4n) is 3.65. The molecule has 1 saturated heterocycles. The Morgan fingerprint density at radius 1 is 1.19 bits per heavy atom. The van der Waals surface area contributed by atoms with Gasteiger partial charge in [-0.25, -0.2) is 9.18 Å². The average molecular weight is 460 g/mol. The maximum atomic E-state index is 14.6. The fraction of sp³-hybridized carbons (Fsp3) is 0.391. The highest BCUT2D eigenvalue weighted by Crippen LogP contribution is 2.21. The Balaban J connectivity index is 1.82. The zero-order chi connectivity index (χ0) is 23.5. The number of carbonyl (C=O) groups is 2. The number of aliphatic hydroxyl groups is 1. The highest BCUT2D eigenvalue weighted by molar-refractivity contribution is 6.88. The molecule has 3 amide bonds. The van der Waals surface area contributed by atoms with Crippen molar-refractivity contribution >= 4 is 30.9 Å². The molecule has 2 aromatic carbocycles. The summed E-state index contributed by atoms with van der Waals surface area (Å²) < 4.78 is 19.8. The molecular formula is C23H30FN3O4Si. The number of rotatable bonds is 6. The van der Waals surface area contributed by atoms with Crippen LogP contribution in [0.15, 0.2) is 42.5 Å². The lowest BCUT2D eigenvalue weighted by atomic mass is 10.1. The lowest BCUT2D eigenvalue weighted by Gasteiger charge is -2.23. The summed E-state index contributed by atoms with van der Waals surface area (Å²) in [4.78, 5) is 27.3. The summed E-state index contributed by atoms with van der Waals surface area (Å²) in [5, 5.41) is 15.9. The third-order valence-corrected chi connectivity index (χ3v) is 7.50. The minimum absolute atomic E-state index is 0.214. The first kappa shape index (κ1) is 23.7. The Kier molecular flexibility index (Phi) is 7.20. The highest BCUT2D eigenvalue weighted by atomic mass is 28.3. The SMILES string of the molecule is COc1ccc([C@@H](NC(=O)N2CCC(O)C2)C(=O)Nc2ccc([Si](C)(C)C)c(F)c2)cc1. The molecule has 3 N–H and O–H groups in total. The normalized spacial score (nSPS) is 17.1. The predicted molar refractivity (Wildman–Crippen MR) is 124 cm³/mol. The second kappa shape index (κ2) is 9.70. The number of aliphatic hydroxyl groups excluding tert-OH is 1. The van der Waals surface area contributed by atoms with Crippen LogP contribution in [0.3, 0.4) is 0 Å². The van der Waals surface area contributed by atoms with Crippen LogP contribution >= 0.6 is 0 Å². The summed E-state index contributed by atoms with van der Waals surface area (Å²) in [6, 6.07) is 10.0. The first-order valence-corrected chi connectivity index (χ1v) is 14.1. The van der Waals surface area contributed by atoms with Crippen LogP contribution in [0.5, 0.6) is 5.75 Å². The number of likely N-dealkylation sites (tertiary alicyclic amines) is 1. The number of nitrogens with zero attached hydrogens (tertiary/aromatic N) is 1. The Morgan fingerprint density at radius 2 is 1.88 bits per heavy atom. The van der Waals surface area contributed by atoms with Crippen LogP contribution in [-0.4, -0.2) is 56.3 Å². The molecule has 1 aliphatic heterocycles. The van der Waals surface area contributed by atoms with Gasteiger partial charge in [0.15, 0.2) is 0 Å². The second-order valence-electron chi connectivity index (χ2n) is 8.98. The molecule has 1 heterocycles. The first-order chi connectivity index (χ1) is 15.1. The number of β-amino-alcohol motifs (C(OH)–C–C–N with tert-alkyl or cyclic N) is 1. The van der Waals surface area contributed by atoms with Crippen molar-refractivity contribution in [2.24, 2.45) is 0 Å². The van der Waals surface area contributed by atoms with Crippen molar-refractivity contribution < 1.29 is 23.8 Å². The Morgan fingerprint density at radius 3 is 2.41 bits per heavy atom. The van der Waals surface area contributed by atoms with Gasteiger partial charge < -0.3 is 25.4 Å². The number of hydrogen-bond donors (Lipinski definition) is 3. The van der Waals surface area contributed by atoms with Crippen molar-refractivity contribution in [1.82, 2.24) is 10.2 Å². The number of ether oxygens (including phenoxy) is 1. The monoisotopic (exact) mass is 459 g/mol. The summed E-state index contributed by atoms with van der Waals surface area (Å²) in [5.74, 6) is -0.229. The molecule has 1 aliphatic rings. The predicted octanol–water partition coefficient (Wildman–Crippen LogP) is 2.84. The number of urea groups is 1. The molecule has 9 heteroatoms. The van der Waals surface area contributed by atoms with Gasteiger partial charge in [0.1, 0.15) is 17.6 Å². The number of benzene rings is 2. The van der Waals surface area contributed by atoms with Crippen LogP contribution in [0, 0.1) is 5.82 Å². The molecule has 1 unspecified atom stereocenters. The van der Waals surface area contributed by atoms with E-state index in [1.54, 1.807) is 36.4 Å². The molecule has 0 radical (unpaired) electrons. The van der Waals surface area contributed by atoms with E-state index in [4.69, 9.17) is 4.74 Å². The summed E-state index contributed by atoms with van der Waals surface area (Å²) >= 11 is 0. The molecule has 0 bridgehead atoms. The van der Waals surface area contributed by atoms with Crippen molar-refractivity contribution in [3.8, 4) is 5.75 Å². The maximum Gasteiger partial charge on any atom is 0.318 e. The van der Waals surface area contributed by atoms with E-state index in [2.05, 4.69) is 10.6 Å². The quantitative estimate of drug-likeness (QED) is 0.580. The van der Waals surface area contributed by atoms with E-state index in [0.29, 0.717) is 35.2 Å². The molecule has 3 rings (SSSR count). The molecule has 2 atom stereocenters. The molecule has 1 fully saturated rings. The van der Waals surface area contributed by atoms with Gasteiger partial charge in [-0.15, -0.1) is 0 Å². The fourth-order valence-corrected chi connectivity index (χ4v) is 5.03. The minimum Gasteiger partial charge on any atom is -0.497 e. The van der Waals surface area contributed by atoms with Gasteiger partial charge in [-0.2, -0.15) is 0 Å². The second-order valence-corrected chi connectivity index (χ2v) is 14.0. The zero-order valence-corrected chi connectivity index (χ0v) is 19.8. The number of carbonyl (C=O) groups excluding carboxylic acids is 2. The summed E-state index contributed by atoms with van der Waals surface area (Å²) in [7, 11) is -0.309. The van der Waals surface area contributed by atoms with Crippen molar-refractivity contribution in [2.45, 2.75) is 38.2 Å². The lowest BCUT2D eigenvalue weighted by Crippen LogP contribution is -2.44. The molecule has 0 aromatic heterocycles. The first-order valence-electron chi connectivity index (χ1n) is 10.6. The van der Waals surface area contributed by atoms with Gasteiger partial charge in [0.2, 0.25) is 0 Å². The van der Waals surface area contributed by atoms with E-state index < -0.39 is 32.2 Å². The van der Waals surface area contributed by atoms with Crippen LogP contribution in [0.25, 0.3) is 0 Å². The van der Waals surface area contributed by atoms with Crippen LogP contribution in [-0.2, 0) is 4.79 Å². The van der Waals surface area contributed by atoms with E-state index in [1.165, 1.54) is 18.1 Å². The summed E-state index contributed by atoms with van der Waals surface area (Å²) in [6.07, 6.45) is -0.0721. The number of hydrogen-bond acceptors (Lipinski definition) is 4. The highest BCUT2D eigenvalue weighted by Gasteiger charge is 2.30. The molecule has 32 heavy (non-hydrogen) atoms. The van der Waals surface area contributed by atoms with Crippen molar-refractivity contribution in [3.05, 3.63) is 53.8 Å². The average Bonchev–Trinajstić information content (AvgIpc) is 3.17. The van der Waals surface area contributed by atoms with Gasteiger partial charge >= 0.3 is 6.03 Å². The number of amides is 3. The van der Waals surface area contributed by atoms with Gasteiger partial charge in [-0.3, -0.25) is 4.79 Å². The summed E-state index contributed by atoms with van der Waals surface area (Å²) in [5.41, 5.74) is 0.870. The number of nitrogens with one attached hydrogen (secondary N) is 2. The largest absolute Gasteiger partial charge is 0.497 e. The van der Waals surface area contributed by atoms with Crippen LogP contribution in [0.2, 0.25) is 19.6 Å². The van der Waals surface area contributed by atoms with E-state index in [1.807, 2.05) is 19.6 Å². The zero-order valence-electron chi connectivity index (χ0n) is 18.8. The summed E-state index contributed by atoms with van der Waals surface area (Å²) in [6.45, 7) is 6.77. The molecule has 0 aliphatic carbocycles. The number of halogens is 1. The van der Waals surface area contributed by atoms with Gasteiger partial charge in [-0.05, 0) is 41.4 Å². The van der Waals surface area contributed by atoms with Gasteiger partial charge in [0, 0.05) is 18.8 Å². The third-order valence-electron chi connectivity index (χ3n) is 5.47. The minimum atomic E-state index is -1.85. The maximum absolute atomic E-state index is 14.6. The van der Waals surface area contributed by atoms with Gasteiger partial charge in [0.05, 0.1) is 21.3 Å². The lowest BCUT2D eigenvalue weighted by molar-refractivity contribution is -0.118. The Hall–Kier alpha value is -2.91. The van der Waals surface area contributed by atoms with E-state index in [-0.39, 0.29) is 12.4 Å². The van der Waals surface area contributed by atoms with E-state index in [9.17, 15) is 19.1 Å². The molecule has 172 valence electrons. The molecule has 7 nitrogen and oxygen atoms in total. The third kappa shape index (κ3) is 5.66. The Labute approximate surface area is 188 Å². The molecule has 0 saturated carbocycles. The van der Waals surface area contributed by atoms with Crippen molar-refractivity contribution in [3.63, 3.8) is 0 Å². The van der Waals surface area contributed by atoms with Gasteiger partial charge in [0.25, 0.3) is 5.91 Å². The van der Waals surface area contributed by atoms with E-state index >= 15 is 0 Å². The van der Waals surface area contributed by atoms with Crippen LogP contribution in [0.4, 0.5) is 14.9 Å². The molecule has 0 spiro atoms.